The van der Waals surface area contributed by atoms with Crippen molar-refractivity contribution in [2.75, 3.05) is 0 Å². The fourth-order valence-corrected chi connectivity index (χ4v) is 0.964. The molecule has 0 bridgehead atoms. The van der Waals surface area contributed by atoms with Gasteiger partial charge in [-0.3, -0.25) is 0 Å². The van der Waals surface area contributed by atoms with Gasteiger partial charge in [0.1, 0.15) is 5.82 Å². The minimum absolute atomic E-state index is 0.306. The van der Waals surface area contributed by atoms with Crippen molar-refractivity contribution in [1.82, 2.24) is 0 Å². The molecule has 1 aromatic rings. The van der Waals surface area contributed by atoms with Crippen LogP contribution < -0.4 is 0 Å². The van der Waals surface area contributed by atoms with E-state index in [1.54, 1.807) is 19.1 Å². The van der Waals surface area contributed by atoms with E-state index in [2.05, 4.69) is 5.16 Å². The normalized spacial score (nSPS) is 10.9. The van der Waals surface area contributed by atoms with Gasteiger partial charge in [0.25, 0.3) is 0 Å². The number of aryl methyl sites for hydroxylation is 1. The van der Waals surface area contributed by atoms with E-state index in [1.807, 2.05) is 6.92 Å². The molecule has 0 aliphatic heterocycles. The summed E-state index contributed by atoms with van der Waals surface area (Å²) in [5.41, 5.74) is 1.79. The lowest BCUT2D eigenvalue weighted by molar-refractivity contribution is 0.321. The third-order valence-corrected chi connectivity index (χ3v) is 1.88. The van der Waals surface area contributed by atoms with Crippen LogP contribution in [0.25, 0.3) is 0 Å². The Bertz CT molecular complexity index is 321. The Kier molecular flexibility index (Phi) is 2.43. The molecule has 0 heterocycles. The molecule has 1 rings (SSSR count). The number of hydrogen-bond donors (Lipinski definition) is 1. The van der Waals surface area contributed by atoms with E-state index in [9.17, 15) is 4.39 Å². The van der Waals surface area contributed by atoms with Crippen molar-refractivity contribution in [2.45, 2.75) is 13.8 Å². The number of benzene rings is 1. The molecule has 64 valence electrons. The third kappa shape index (κ3) is 1.44. The number of oxime groups is 1. The average Bonchev–Trinajstić information content (AvgIpc) is 2.07. The van der Waals surface area contributed by atoms with Crippen LogP contribution in [0.1, 0.15) is 16.7 Å². The van der Waals surface area contributed by atoms with Crippen molar-refractivity contribution >= 4 is 6.21 Å². The Labute approximate surface area is 70.3 Å². The topological polar surface area (TPSA) is 32.6 Å². The molecule has 0 fully saturated rings. The van der Waals surface area contributed by atoms with Crippen LogP contribution in [-0.2, 0) is 0 Å². The first-order valence-corrected chi connectivity index (χ1v) is 3.60. The fraction of sp³-hybridized carbons (Fsp3) is 0.222. The zero-order valence-electron chi connectivity index (χ0n) is 7.00. The van der Waals surface area contributed by atoms with Crippen molar-refractivity contribution in [3.63, 3.8) is 0 Å². The summed E-state index contributed by atoms with van der Waals surface area (Å²) < 4.78 is 13.2. The standard InChI is InChI=1S/C9H10FNO/c1-6-3-4-8(5-11-12)9(10)7(6)2/h3-5,12H,1-2H3/b11-5-. The molecular formula is C9H10FNO. The molecule has 0 radical (unpaired) electrons. The van der Waals surface area contributed by atoms with E-state index in [0.717, 1.165) is 11.8 Å². The van der Waals surface area contributed by atoms with Crippen LogP contribution >= 0.6 is 0 Å². The summed E-state index contributed by atoms with van der Waals surface area (Å²) in [6, 6.07) is 3.37. The van der Waals surface area contributed by atoms with Gasteiger partial charge in [0.2, 0.25) is 0 Å². The zero-order valence-corrected chi connectivity index (χ0v) is 7.00. The lowest BCUT2D eigenvalue weighted by atomic mass is 10.1. The highest BCUT2D eigenvalue weighted by molar-refractivity contribution is 5.79. The first-order chi connectivity index (χ1) is 5.66. The van der Waals surface area contributed by atoms with Gasteiger partial charge in [0.15, 0.2) is 0 Å². The van der Waals surface area contributed by atoms with Gasteiger partial charge in [-0.05, 0) is 25.0 Å². The molecule has 0 atom stereocenters. The van der Waals surface area contributed by atoms with Gasteiger partial charge in [-0.25, -0.2) is 4.39 Å². The van der Waals surface area contributed by atoms with E-state index in [1.165, 1.54) is 0 Å². The maximum absolute atomic E-state index is 13.2. The van der Waals surface area contributed by atoms with Crippen molar-refractivity contribution in [3.8, 4) is 0 Å². The minimum atomic E-state index is -0.326. The predicted octanol–water partition coefficient (Wildman–Crippen LogP) is 2.25. The van der Waals surface area contributed by atoms with Crippen LogP contribution in [0, 0.1) is 19.7 Å². The summed E-state index contributed by atoms with van der Waals surface area (Å²) in [6.45, 7) is 3.53. The van der Waals surface area contributed by atoms with E-state index in [0.29, 0.717) is 11.1 Å². The Morgan fingerprint density at radius 1 is 1.42 bits per heavy atom. The van der Waals surface area contributed by atoms with Gasteiger partial charge in [-0.2, -0.15) is 0 Å². The molecule has 1 N–H and O–H groups in total. The predicted molar refractivity (Wildman–Crippen MR) is 45.3 cm³/mol. The van der Waals surface area contributed by atoms with Crippen LogP contribution in [0.2, 0.25) is 0 Å². The van der Waals surface area contributed by atoms with E-state index >= 15 is 0 Å². The molecular weight excluding hydrogens is 157 g/mol. The average molecular weight is 167 g/mol. The Morgan fingerprint density at radius 2 is 2.08 bits per heavy atom. The lowest BCUT2D eigenvalue weighted by Gasteiger charge is -2.02. The molecule has 0 saturated carbocycles. The van der Waals surface area contributed by atoms with Crippen LogP contribution in [-0.4, -0.2) is 11.4 Å². The smallest absolute Gasteiger partial charge is 0.135 e. The molecule has 2 nitrogen and oxygen atoms in total. The Morgan fingerprint density at radius 3 is 2.67 bits per heavy atom. The SMILES string of the molecule is Cc1ccc(/C=N\O)c(F)c1C. The molecule has 0 unspecified atom stereocenters. The highest BCUT2D eigenvalue weighted by Crippen LogP contribution is 2.14. The second kappa shape index (κ2) is 3.34. The quantitative estimate of drug-likeness (QED) is 0.388. The van der Waals surface area contributed by atoms with Crippen molar-refractivity contribution in [2.24, 2.45) is 5.16 Å². The summed E-state index contributed by atoms with van der Waals surface area (Å²) in [6.07, 6.45) is 1.09. The molecule has 0 spiro atoms. The minimum Gasteiger partial charge on any atom is -0.411 e. The summed E-state index contributed by atoms with van der Waals surface area (Å²) >= 11 is 0. The maximum atomic E-state index is 13.2. The summed E-state index contributed by atoms with van der Waals surface area (Å²) in [4.78, 5) is 0. The first-order valence-electron chi connectivity index (χ1n) is 3.60. The monoisotopic (exact) mass is 167 g/mol. The van der Waals surface area contributed by atoms with Gasteiger partial charge in [0, 0.05) is 5.56 Å². The lowest BCUT2D eigenvalue weighted by Crippen LogP contribution is -1.94. The molecule has 0 aliphatic rings. The fourth-order valence-electron chi connectivity index (χ4n) is 0.964. The van der Waals surface area contributed by atoms with Gasteiger partial charge < -0.3 is 5.21 Å². The first kappa shape index (κ1) is 8.71. The van der Waals surface area contributed by atoms with Crippen LogP contribution in [0.15, 0.2) is 17.3 Å². The number of nitrogens with zero attached hydrogens (tertiary/aromatic N) is 1. The zero-order chi connectivity index (χ0) is 9.14. The molecule has 0 saturated heterocycles. The van der Waals surface area contributed by atoms with E-state index in [4.69, 9.17) is 5.21 Å². The van der Waals surface area contributed by atoms with Gasteiger partial charge in [-0.1, -0.05) is 17.3 Å². The van der Waals surface area contributed by atoms with Gasteiger partial charge in [-0.15, -0.1) is 0 Å². The van der Waals surface area contributed by atoms with Gasteiger partial charge >= 0.3 is 0 Å². The van der Waals surface area contributed by atoms with Crippen LogP contribution in [0.4, 0.5) is 4.39 Å². The largest absolute Gasteiger partial charge is 0.411 e. The molecule has 12 heavy (non-hydrogen) atoms. The van der Waals surface area contributed by atoms with E-state index in [-0.39, 0.29) is 5.82 Å². The second-order valence-electron chi connectivity index (χ2n) is 2.66. The van der Waals surface area contributed by atoms with Crippen molar-refractivity contribution in [3.05, 3.63) is 34.6 Å². The van der Waals surface area contributed by atoms with Crippen molar-refractivity contribution in [1.29, 1.82) is 0 Å². The van der Waals surface area contributed by atoms with E-state index < -0.39 is 0 Å². The highest BCUT2D eigenvalue weighted by atomic mass is 19.1. The Hall–Kier alpha value is -1.38. The molecule has 3 heteroatoms. The number of halogens is 1. The number of rotatable bonds is 1. The van der Waals surface area contributed by atoms with Crippen LogP contribution in [0.3, 0.4) is 0 Å². The molecule has 0 amide bonds. The highest BCUT2D eigenvalue weighted by Gasteiger charge is 2.04. The molecule has 0 aromatic heterocycles. The second-order valence-corrected chi connectivity index (χ2v) is 2.66. The van der Waals surface area contributed by atoms with Crippen LogP contribution in [0.5, 0.6) is 0 Å². The maximum Gasteiger partial charge on any atom is 0.135 e. The molecule has 1 aromatic carbocycles. The van der Waals surface area contributed by atoms with Gasteiger partial charge in [0.05, 0.1) is 6.21 Å². The third-order valence-electron chi connectivity index (χ3n) is 1.88. The van der Waals surface area contributed by atoms with Crippen molar-refractivity contribution < 1.29 is 9.60 Å². The molecule has 0 aliphatic carbocycles. The summed E-state index contributed by atoms with van der Waals surface area (Å²) in [5.74, 6) is -0.326. The summed E-state index contributed by atoms with van der Waals surface area (Å²) in [7, 11) is 0. The number of hydrogen-bond acceptors (Lipinski definition) is 2. The summed E-state index contributed by atoms with van der Waals surface area (Å²) in [5, 5.41) is 11.0. The Balaban J connectivity index is 3.26.